The molecule has 1 aromatic carbocycles. The van der Waals surface area contributed by atoms with E-state index in [1.165, 1.54) is 10.9 Å². The van der Waals surface area contributed by atoms with Crippen molar-refractivity contribution < 1.29 is 4.39 Å². The van der Waals surface area contributed by atoms with Gasteiger partial charge in [0, 0.05) is 5.56 Å². The minimum absolute atomic E-state index is 0.233. The Kier molecular flexibility index (Phi) is 2.99. The largest absolute Gasteiger partial charge is 0.207 e. The van der Waals surface area contributed by atoms with Crippen LogP contribution < -0.4 is 0 Å². The Labute approximate surface area is 98.8 Å². The number of aryl methyl sites for hydroxylation is 1. The van der Waals surface area contributed by atoms with Gasteiger partial charge in [-0.15, -0.1) is 10.2 Å². The number of halogens is 1. The van der Waals surface area contributed by atoms with E-state index < -0.39 is 0 Å². The molecule has 0 saturated carbocycles. The third kappa shape index (κ3) is 2.55. The van der Waals surface area contributed by atoms with Crippen molar-refractivity contribution in [3.8, 4) is 11.4 Å². The van der Waals surface area contributed by atoms with Crippen molar-refractivity contribution >= 4 is 0 Å². The average molecular weight is 232 g/mol. The third-order valence-corrected chi connectivity index (χ3v) is 2.28. The zero-order chi connectivity index (χ0) is 12.4. The molecule has 0 radical (unpaired) electrons. The maximum atomic E-state index is 13.1. The SMILES string of the molecule is C=C(C)Cn1nnc(-c2ccc(F)c(C)c2)n1. The number of tetrazole rings is 1. The first-order valence-corrected chi connectivity index (χ1v) is 5.25. The van der Waals surface area contributed by atoms with Crippen LogP contribution in [0.25, 0.3) is 11.4 Å². The Morgan fingerprint density at radius 3 is 2.88 bits per heavy atom. The van der Waals surface area contributed by atoms with Crippen LogP contribution in [-0.4, -0.2) is 20.2 Å². The molecule has 0 aliphatic carbocycles. The van der Waals surface area contributed by atoms with Crippen molar-refractivity contribution in [1.29, 1.82) is 0 Å². The van der Waals surface area contributed by atoms with Crippen molar-refractivity contribution in [2.75, 3.05) is 0 Å². The highest BCUT2D eigenvalue weighted by Gasteiger charge is 2.07. The Morgan fingerprint density at radius 2 is 2.24 bits per heavy atom. The number of rotatable bonds is 3. The standard InChI is InChI=1S/C12H13FN4/c1-8(2)7-17-15-12(14-16-17)10-4-5-11(13)9(3)6-10/h4-6H,1,7H2,2-3H3. The van der Waals surface area contributed by atoms with Gasteiger partial charge in [0.05, 0.1) is 6.54 Å². The van der Waals surface area contributed by atoms with Crippen LogP contribution >= 0.6 is 0 Å². The molecule has 0 saturated heterocycles. The first kappa shape index (κ1) is 11.4. The van der Waals surface area contributed by atoms with Gasteiger partial charge < -0.3 is 0 Å². The lowest BCUT2D eigenvalue weighted by atomic mass is 10.1. The molecule has 0 N–H and O–H groups in total. The molecule has 1 heterocycles. The normalized spacial score (nSPS) is 10.5. The maximum Gasteiger partial charge on any atom is 0.204 e. The van der Waals surface area contributed by atoms with Crippen LogP contribution in [0.3, 0.4) is 0 Å². The summed E-state index contributed by atoms with van der Waals surface area (Å²) in [5.41, 5.74) is 2.28. The van der Waals surface area contributed by atoms with Crippen molar-refractivity contribution in [3.05, 3.63) is 41.7 Å². The number of allylic oxidation sites excluding steroid dienone is 1. The molecule has 0 amide bonds. The molecule has 1 aromatic heterocycles. The summed E-state index contributed by atoms with van der Waals surface area (Å²) in [7, 11) is 0. The molecule has 2 rings (SSSR count). The van der Waals surface area contributed by atoms with Gasteiger partial charge >= 0.3 is 0 Å². The topological polar surface area (TPSA) is 43.6 Å². The maximum absolute atomic E-state index is 13.1. The Balaban J connectivity index is 2.30. The zero-order valence-corrected chi connectivity index (χ0v) is 9.81. The van der Waals surface area contributed by atoms with Gasteiger partial charge in [-0.3, -0.25) is 0 Å². The molecular weight excluding hydrogens is 219 g/mol. The second kappa shape index (κ2) is 4.45. The van der Waals surface area contributed by atoms with Gasteiger partial charge in [0.25, 0.3) is 0 Å². The van der Waals surface area contributed by atoms with Crippen LogP contribution in [0.15, 0.2) is 30.4 Å². The molecular formula is C12H13FN4. The minimum atomic E-state index is -0.233. The predicted molar refractivity (Wildman–Crippen MR) is 62.8 cm³/mol. The van der Waals surface area contributed by atoms with Crippen LogP contribution in [0.2, 0.25) is 0 Å². The Morgan fingerprint density at radius 1 is 1.47 bits per heavy atom. The van der Waals surface area contributed by atoms with E-state index in [0.29, 0.717) is 17.9 Å². The van der Waals surface area contributed by atoms with E-state index in [-0.39, 0.29) is 5.82 Å². The zero-order valence-electron chi connectivity index (χ0n) is 9.81. The highest BCUT2D eigenvalue weighted by Crippen LogP contribution is 2.17. The smallest absolute Gasteiger partial charge is 0.204 e. The van der Waals surface area contributed by atoms with Crippen LogP contribution in [-0.2, 0) is 6.54 Å². The molecule has 0 unspecified atom stereocenters. The highest BCUT2D eigenvalue weighted by molar-refractivity contribution is 5.55. The number of hydrogen-bond acceptors (Lipinski definition) is 3. The second-order valence-corrected chi connectivity index (χ2v) is 4.06. The summed E-state index contributed by atoms with van der Waals surface area (Å²) in [5.74, 6) is 0.262. The lowest BCUT2D eigenvalue weighted by molar-refractivity contribution is 0.567. The molecule has 0 atom stereocenters. The van der Waals surface area contributed by atoms with Gasteiger partial charge in [0.15, 0.2) is 0 Å². The van der Waals surface area contributed by atoms with Crippen LogP contribution in [0.5, 0.6) is 0 Å². The molecule has 4 nitrogen and oxygen atoms in total. The van der Waals surface area contributed by atoms with E-state index in [4.69, 9.17) is 0 Å². The fourth-order valence-corrected chi connectivity index (χ4v) is 1.45. The summed E-state index contributed by atoms with van der Waals surface area (Å²) in [6.45, 7) is 7.91. The summed E-state index contributed by atoms with van der Waals surface area (Å²) >= 11 is 0. The fraction of sp³-hybridized carbons (Fsp3) is 0.250. The minimum Gasteiger partial charge on any atom is -0.207 e. The van der Waals surface area contributed by atoms with Crippen LogP contribution in [0.4, 0.5) is 4.39 Å². The summed E-state index contributed by atoms with van der Waals surface area (Å²) in [4.78, 5) is 1.47. The lowest BCUT2D eigenvalue weighted by Gasteiger charge is -1.98. The van der Waals surface area contributed by atoms with Crippen LogP contribution in [0.1, 0.15) is 12.5 Å². The van der Waals surface area contributed by atoms with E-state index >= 15 is 0 Å². The molecule has 0 fully saturated rings. The summed E-state index contributed by atoms with van der Waals surface area (Å²) < 4.78 is 13.1. The van der Waals surface area contributed by atoms with Gasteiger partial charge in [0.1, 0.15) is 5.82 Å². The molecule has 0 aliphatic rings. The lowest BCUT2D eigenvalue weighted by Crippen LogP contribution is -2.02. The van der Waals surface area contributed by atoms with Gasteiger partial charge in [-0.1, -0.05) is 12.2 Å². The van der Waals surface area contributed by atoms with E-state index in [1.807, 2.05) is 6.92 Å². The summed E-state index contributed by atoms with van der Waals surface area (Å²) in [6.07, 6.45) is 0. The van der Waals surface area contributed by atoms with Crippen molar-refractivity contribution in [1.82, 2.24) is 20.2 Å². The molecule has 0 bridgehead atoms. The molecule has 0 spiro atoms. The summed E-state index contributed by atoms with van der Waals surface area (Å²) in [6, 6.07) is 4.76. The first-order valence-electron chi connectivity index (χ1n) is 5.25. The number of nitrogens with zero attached hydrogens (tertiary/aromatic N) is 4. The van der Waals surface area contributed by atoms with Gasteiger partial charge in [0.2, 0.25) is 5.82 Å². The Bertz CT molecular complexity index is 559. The first-order chi connectivity index (χ1) is 8.06. The van der Waals surface area contributed by atoms with Crippen LogP contribution in [0, 0.1) is 12.7 Å². The summed E-state index contributed by atoms with van der Waals surface area (Å²) in [5, 5.41) is 12.0. The van der Waals surface area contributed by atoms with Crippen molar-refractivity contribution in [2.24, 2.45) is 0 Å². The number of benzene rings is 1. The van der Waals surface area contributed by atoms with Gasteiger partial charge in [-0.25, -0.2) is 4.39 Å². The van der Waals surface area contributed by atoms with Crippen molar-refractivity contribution in [2.45, 2.75) is 20.4 Å². The Hall–Kier alpha value is -2.04. The van der Waals surface area contributed by atoms with Gasteiger partial charge in [-0.2, -0.15) is 4.80 Å². The van der Waals surface area contributed by atoms with Crippen molar-refractivity contribution in [3.63, 3.8) is 0 Å². The molecule has 2 aromatic rings. The fourth-order valence-electron chi connectivity index (χ4n) is 1.45. The van der Waals surface area contributed by atoms with E-state index in [9.17, 15) is 4.39 Å². The quantitative estimate of drug-likeness (QED) is 0.763. The third-order valence-electron chi connectivity index (χ3n) is 2.28. The molecule has 5 heteroatoms. The molecule has 17 heavy (non-hydrogen) atoms. The van der Waals surface area contributed by atoms with E-state index in [0.717, 1.165) is 11.1 Å². The highest BCUT2D eigenvalue weighted by atomic mass is 19.1. The monoisotopic (exact) mass is 232 g/mol. The average Bonchev–Trinajstić information content (AvgIpc) is 2.69. The van der Waals surface area contributed by atoms with E-state index in [1.54, 1.807) is 19.1 Å². The number of aromatic nitrogens is 4. The molecule has 0 aliphatic heterocycles. The second-order valence-electron chi connectivity index (χ2n) is 4.06. The van der Waals surface area contributed by atoms with Gasteiger partial charge in [-0.05, 0) is 42.8 Å². The number of hydrogen-bond donors (Lipinski definition) is 0. The molecule has 88 valence electrons. The van der Waals surface area contributed by atoms with E-state index in [2.05, 4.69) is 22.0 Å². The predicted octanol–water partition coefficient (Wildman–Crippen LogP) is 2.36.